The fourth-order valence-corrected chi connectivity index (χ4v) is 6.18. The van der Waals surface area contributed by atoms with Crippen LogP contribution in [0.4, 0.5) is 15.9 Å². The number of likely N-dealkylation sites (N-methyl/N-ethyl adjacent to an activating group) is 1. The van der Waals surface area contributed by atoms with Crippen molar-refractivity contribution < 1.29 is 14.0 Å². The third-order valence-corrected chi connectivity index (χ3v) is 8.71. The number of pyridine rings is 1. The normalized spacial score (nSPS) is 17.1. The van der Waals surface area contributed by atoms with Crippen molar-refractivity contribution in [1.82, 2.24) is 45.2 Å². The van der Waals surface area contributed by atoms with E-state index in [1.54, 1.807) is 36.7 Å². The molecule has 7 rings (SSSR count). The molecule has 2 aromatic carbocycles. The van der Waals surface area contributed by atoms with Crippen LogP contribution in [0.15, 0.2) is 61.2 Å². The van der Waals surface area contributed by atoms with Gasteiger partial charge in [-0.2, -0.15) is 9.78 Å². The fraction of sp³-hybridized carbons (Fsp3) is 0.258. The van der Waals surface area contributed by atoms with Crippen LogP contribution in [-0.2, 0) is 16.0 Å². The van der Waals surface area contributed by atoms with Crippen LogP contribution in [0, 0.1) is 5.82 Å². The maximum absolute atomic E-state index is 15.2. The van der Waals surface area contributed by atoms with E-state index in [0.717, 1.165) is 48.5 Å². The van der Waals surface area contributed by atoms with Crippen molar-refractivity contribution in [3.05, 3.63) is 88.7 Å². The number of piperazine rings is 1. The molecule has 234 valence electrons. The van der Waals surface area contributed by atoms with Crippen molar-refractivity contribution in [3.63, 3.8) is 0 Å². The number of fused-ring (bicyclic) bond motifs is 2. The van der Waals surface area contributed by atoms with Crippen LogP contribution in [0.2, 0.25) is 5.02 Å². The highest BCUT2D eigenvalue weighted by atomic mass is 35.5. The second-order valence-electron chi connectivity index (χ2n) is 11.2. The van der Waals surface area contributed by atoms with Gasteiger partial charge in [-0.3, -0.25) is 14.7 Å². The van der Waals surface area contributed by atoms with Gasteiger partial charge >= 0.3 is 0 Å². The third kappa shape index (κ3) is 5.56. The van der Waals surface area contributed by atoms with Gasteiger partial charge in [0.05, 0.1) is 22.4 Å². The van der Waals surface area contributed by atoms with Crippen LogP contribution in [0.25, 0.3) is 22.7 Å². The molecule has 5 aromatic rings. The Morgan fingerprint density at radius 3 is 2.76 bits per heavy atom. The van der Waals surface area contributed by atoms with Crippen molar-refractivity contribution in [2.45, 2.75) is 12.5 Å². The first-order chi connectivity index (χ1) is 22.4. The number of anilines is 2. The SMILES string of the molecule is CN1CCN(c2nccc3c2CCN(C(=O)/C=C/c2c(-n4cnnn4)ccc(Cl)c2F)C3C(=O)Nc2ccc3cn[nH]c3c2)CC1. The van der Waals surface area contributed by atoms with Gasteiger partial charge in [-0.05, 0) is 71.9 Å². The molecule has 2 N–H and O–H groups in total. The molecule has 0 saturated carbocycles. The summed E-state index contributed by atoms with van der Waals surface area (Å²) >= 11 is 6.09. The van der Waals surface area contributed by atoms with E-state index in [1.807, 2.05) is 6.07 Å². The summed E-state index contributed by atoms with van der Waals surface area (Å²) in [4.78, 5) is 38.8. The molecule has 2 aliphatic heterocycles. The van der Waals surface area contributed by atoms with Crippen molar-refractivity contribution in [1.29, 1.82) is 0 Å². The number of benzene rings is 2. The summed E-state index contributed by atoms with van der Waals surface area (Å²) in [6, 6.07) is 9.20. The summed E-state index contributed by atoms with van der Waals surface area (Å²) in [6.45, 7) is 3.65. The fourth-order valence-electron chi connectivity index (χ4n) is 6.01. The van der Waals surface area contributed by atoms with Crippen LogP contribution in [-0.4, -0.2) is 96.8 Å². The topological polar surface area (TPSA) is 141 Å². The lowest BCUT2D eigenvalue weighted by molar-refractivity contribution is -0.135. The predicted molar refractivity (Wildman–Crippen MR) is 170 cm³/mol. The molecule has 3 aromatic heterocycles. The summed E-state index contributed by atoms with van der Waals surface area (Å²) in [5.41, 5.74) is 3.28. The standard InChI is InChI=1S/C31H29ClFN11O2/c1-41-12-14-42(15-13-41)30-22-9-11-43(27(45)7-4-23-26(44-18-36-39-40-44)6-5-24(32)28(23)33)29(21(22)8-10-34-30)31(46)37-20-3-2-19-17-35-38-25(19)16-20/h2-8,10,16-18,29H,9,11-15H2,1H3,(H,35,38)(H,37,46)/b7-4+. The van der Waals surface area contributed by atoms with E-state index in [-0.39, 0.29) is 23.0 Å². The molecule has 15 heteroatoms. The van der Waals surface area contributed by atoms with Crippen LogP contribution in [0.5, 0.6) is 0 Å². The van der Waals surface area contributed by atoms with Crippen LogP contribution >= 0.6 is 11.6 Å². The predicted octanol–water partition coefficient (Wildman–Crippen LogP) is 3.26. The smallest absolute Gasteiger partial charge is 0.251 e. The maximum atomic E-state index is 15.2. The first kappa shape index (κ1) is 29.5. The second-order valence-corrected chi connectivity index (χ2v) is 11.6. The number of carbonyl (C=O) groups is 2. The van der Waals surface area contributed by atoms with Gasteiger partial charge in [-0.1, -0.05) is 11.6 Å². The molecule has 13 nitrogen and oxygen atoms in total. The van der Waals surface area contributed by atoms with Gasteiger partial charge in [-0.15, -0.1) is 5.10 Å². The van der Waals surface area contributed by atoms with Gasteiger partial charge in [0, 0.05) is 67.2 Å². The lowest BCUT2D eigenvalue weighted by atomic mass is 9.92. The zero-order valence-corrected chi connectivity index (χ0v) is 25.5. The highest BCUT2D eigenvalue weighted by molar-refractivity contribution is 6.31. The zero-order chi connectivity index (χ0) is 31.8. The van der Waals surface area contributed by atoms with Crippen molar-refractivity contribution in [3.8, 4) is 5.69 Å². The number of amides is 2. The van der Waals surface area contributed by atoms with Gasteiger partial charge in [0.1, 0.15) is 18.2 Å². The Kier molecular flexibility index (Phi) is 7.88. The molecule has 0 radical (unpaired) electrons. The average Bonchev–Trinajstić information content (AvgIpc) is 3.77. The summed E-state index contributed by atoms with van der Waals surface area (Å²) in [5.74, 6) is -0.763. The number of halogens is 2. The average molecular weight is 642 g/mol. The summed E-state index contributed by atoms with van der Waals surface area (Å²) < 4.78 is 16.5. The Morgan fingerprint density at radius 1 is 1.11 bits per heavy atom. The Bertz CT molecular complexity index is 1950. The molecule has 0 spiro atoms. The van der Waals surface area contributed by atoms with E-state index in [0.29, 0.717) is 23.4 Å². The van der Waals surface area contributed by atoms with Gasteiger partial charge in [0.25, 0.3) is 5.91 Å². The number of hydrogen-bond donors (Lipinski definition) is 2. The number of nitrogens with zero attached hydrogens (tertiary/aromatic N) is 9. The minimum absolute atomic E-state index is 0.0287. The maximum Gasteiger partial charge on any atom is 0.251 e. The number of aromatic amines is 1. The first-order valence-electron chi connectivity index (χ1n) is 14.7. The number of nitrogens with one attached hydrogen (secondary N) is 2. The van der Waals surface area contributed by atoms with Crippen LogP contribution in [0.1, 0.15) is 22.7 Å². The number of hydrogen-bond acceptors (Lipinski definition) is 9. The van der Waals surface area contributed by atoms with E-state index in [1.165, 1.54) is 34.1 Å². The van der Waals surface area contributed by atoms with Gasteiger partial charge < -0.3 is 20.0 Å². The van der Waals surface area contributed by atoms with E-state index in [4.69, 9.17) is 16.6 Å². The summed E-state index contributed by atoms with van der Waals surface area (Å²) in [7, 11) is 2.09. The van der Waals surface area contributed by atoms with Crippen molar-refractivity contribution in [2.75, 3.05) is 50.0 Å². The first-order valence-corrected chi connectivity index (χ1v) is 15.1. The lowest BCUT2D eigenvalue weighted by Gasteiger charge is -2.39. The number of rotatable bonds is 6. The molecular weight excluding hydrogens is 613 g/mol. The Morgan fingerprint density at radius 2 is 1.96 bits per heavy atom. The molecule has 2 amide bonds. The molecule has 1 saturated heterocycles. The number of aromatic nitrogens is 7. The molecule has 1 unspecified atom stereocenters. The highest BCUT2D eigenvalue weighted by Gasteiger charge is 2.37. The van der Waals surface area contributed by atoms with Gasteiger partial charge in [-0.25, -0.2) is 9.37 Å². The van der Waals surface area contributed by atoms with Gasteiger partial charge in [0.15, 0.2) is 5.82 Å². The molecule has 0 bridgehead atoms. The molecular formula is C31H29ClFN11O2. The number of H-pyrrole nitrogens is 1. The zero-order valence-electron chi connectivity index (χ0n) is 24.8. The quantitative estimate of drug-likeness (QED) is 0.267. The minimum Gasteiger partial charge on any atom is -0.354 e. The van der Waals surface area contributed by atoms with Crippen LogP contribution in [0.3, 0.4) is 0 Å². The highest BCUT2D eigenvalue weighted by Crippen LogP contribution is 2.36. The Labute approximate surface area is 267 Å². The molecule has 1 atom stereocenters. The summed E-state index contributed by atoms with van der Waals surface area (Å²) in [5, 5.41) is 21.8. The van der Waals surface area contributed by atoms with E-state index in [2.05, 4.69) is 47.9 Å². The van der Waals surface area contributed by atoms with Gasteiger partial charge in [0.2, 0.25) is 5.91 Å². The largest absolute Gasteiger partial charge is 0.354 e. The van der Waals surface area contributed by atoms with Crippen molar-refractivity contribution in [2.24, 2.45) is 0 Å². The Hall–Kier alpha value is -5.21. The molecule has 0 aliphatic carbocycles. The van der Waals surface area contributed by atoms with E-state index >= 15 is 4.39 Å². The monoisotopic (exact) mass is 641 g/mol. The second kappa shape index (κ2) is 12.3. The Balaban J connectivity index is 1.24. The minimum atomic E-state index is -0.976. The lowest BCUT2D eigenvalue weighted by Crippen LogP contribution is -2.47. The summed E-state index contributed by atoms with van der Waals surface area (Å²) in [6.07, 6.45) is 7.77. The number of tetrazole rings is 1. The van der Waals surface area contributed by atoms with E-state index < -0.39 is 17.8 Å². The van der Waals surface area contributed by atoms with Crippen molar-refractivity contribution >= 4 is 51.9 Å². The molecule has 2 aliphatic rings. The molecule has 1 fully saturated rings. The molecule has 5 heterocycles. The third-order valence-electron chi connectivity index (χ3n) is 8.42. The molecule has 46 heavy (non-hydrogen) atoms. The van der Waals surface area contributed by atoms with Crippen LogP contribution < -0.4 is 10.2 Å². The van der Waals surface area contributed by atoms with E-state index in [9.17, 15) is 9.59 Å². The number of carbonyl (C=O) groups excluding carboxylic acids is 2.